The molecule has 0 saturated heterocycles. The molecule has 0 radical (unpaired) electrons. The second-order valence-electron chi connectivity index (χ2n) is 2.36. The fourth-order valence-electron chi connectivity index (χ4n) is 0.629. The second-order valence-corrected chi connectivity index (χ2v) is 5.22. The minimum absolute atomic E-state index is 0. The highest BCUT2D eigenvalue weighted by Gasteiger charge is 2.05. The van der Waals surface area contributed by atoms with Gasteiger partial charge in [0.2, 0.25) is 0 Å². The monoisotopic (exact) mass is 245 g/mol. The summed E-state index contributed by atoms with van der Waals surface area (Å²) in [6, 6.07) is 0. The molecular weight excluding hydrogens is 227 g/mol. The number of hydrogen-bond donors (Lipinski definition) is 1. The summed E-state index contributed by atoms with van der Waals surface area (Å²) in [4.78, 5) is 11.0. The van der Waals surface area contributed by atoms with Crippen LogP contribution < -0.4 is 4.89 Å². The maximum Gasteiger partial charge on any atom is 0.115 e. The van der Waals surface area contributed by atoms with Crippen molar-refractivity contribution in [2.75, 3.05) is 27.4 Å². The first kappa shape index (κ1) is 16.9. The smallest absolute Gasteiger partial charge is 0.115 e. The number of ether oxygens (including phenoxy) is 1. The van der Waals surface area contributed by atoms with Gasteiger partial charge in [0, 0.05) is 14.2 Å². The molecule has 0 aromatic carbocycles. The van der Waals surface area contributed by atoms with Gasteiger partial charge < -0.3 is 23.8 Å². The van der Waals surface area contributed by atoms with Crippen LogP contribution in [0, 0.1) is 0 Å². The van der Waals surface area contributed by atoms with Gasteiger partial charge in [0.05, 0.1) is 19.3 Å². The van der Waals surface area contributed by atoms with Gasteiger partial charge in [-0.1, -0.05) is 19.2 Å². The highest BCUT2D eigenvalue weighted by atomic mass is 32.5. The largest absolute Gasteiger partial charge is 0.780 e. The zero-order valence-electron chi connectivity index (χ0n) is 7.63. The van der Waals surface area contributed by atoms with Crippen molar-refractivity contribution in [1.29, 1.82) is 0 Å². The van der Waals surface area contributed by atoms with E-state index in [1.807, 2.05) is 0 Å². The summed E-state index contributed by atoms with van der Waals surface area (Å²) in [6.45, 7) is -3.00. The number of aliphatic hydroxyl groups is 1. The first-order chi connectivity index (χ1) is 6.02. The lowest BCUT2D eigenvalue weighted by atomic mass is 10.3. The third kappa shape index (κ3) is 9.02. The summed E-state index contributed by atoms with van der Waals surface area (Å²) in [7, 11) is 2.70. The van der Waals surface area contributed by atoms with Gasteiger partial charge in [-0.2, -0.15) is 0 Å². The van der Waals surface area contributed by atoms with Crippen molar-refractivity contribution in [2.24, 2.45) is 0 Å². The van der Waals surface area contributed by atoms with Crippen LogP contribution in [-0.4, -0.2) is 38.6 Å². The molecule has 0 amide bonds. The maximum absolute atomic E-state index is 11.0. The molecule has 0 aliphatic carbocycles. The van der Waals surface area contributed by atoms with Crippen LogP contribution in [0.5, 0.6) is 0 Å². The van der Waals surface area contributed by atoms with Crippen LogP contribution in [0.4, 0.5) is 0 Å². The van der Waals surface area contributed by atoms with E-state index in [1.165, 1.54) is 14.2 Å². The molecule has 0 aromatic heterocycles. The quantitative estimate of drug-likeness (QED) is 0.649. The molecule has 0 heterocycles. The van der Waals surface area contributed by atoms with Crippen LogP contribution in [-0.2, 0) is 25.6 Å². The first-order valence-corrected chi connectivity index (χ1v) is 6.25. The van der Waals surface area contributed by atoms with Crippen molar-refractivity contribution >= 4 is 18.5 Å². The average Bonchev–Trinajstić information content (AvgIpc) is 2.05. The summed E-state index contributed by atoms with van der Waals surface area (Å²) in [5, 5.41) is 9.15. The zero-order chi connectivity index (χ0) is 10.3. The highest BCUT2D eigenvalue weighted by Crippen LogP contribution is 2.37. The van der Waals surface area contributed by atoms with Crippen molar-refractivity contribution in [3.63, 3.8) is 0 Å². The lowest BCUT2D eigenvalue weighted by molar-refractivity contribution is -0.204. The van der Waals surface area contributed by atoms with E-state index < -0.39 is 12.8 Å². The van der Waals surface area contributed by atoms with Gasteiger partial charge in [0.25, 0.3) is 0 Å². The molecule has 1 N–H and O–H groups in total. The van der Waals surface area contributed by atoms with Crippen molar-refractivity contribution in [2.45, 2.75) is 20.0 Å². The van der Waals surface area contributed by atoms with Gasteiger partial charge in [0.15, 0.2) is 0 Å². The molecule has 0 saturated carbocycles. The summed E-state index contributed by atoms with van der Waals surface area (Å²) in [5.74, 6) is 0. The third-order valence-electron chi connectivity index (χ3n) is 1.28. The van der Waals surface area contributed by atoms with Gasteiger partial charge >= 0.3 is 0 Å². The Bertz CT molecular complexity index is 177. The molecule has 0 bridgehead atoms. The Hall–Kier alpha value is 0.450. The molecule has 2 unspecified atom stereocenters. The standard InChI is InChI=1S/C6H15O5PS.CH4/c1-9-5-6(7)3-4-11-12(8,13)10-2;/h6-7H,3-5H2,1-2H3,(H,8,13);1H4/p-1. The van der Waals surface area contributed by atoms with Gasteiger partial charge in [0.1, 0.15) is 6.72 Å². The number of rotatable bonds is 7. The fourth-order valence-corrected chi connectivity index (χ4v) is 1.29. The van der Waals surface area contributed by atoms with E-state index in [1.54, 1.807) is 0 Å². The summed E-state index contributed by atoms with van der Waals surface area (Å²) in [5.41, 5.74) is 0. The molecule has 0 aliphatic heterocycles. The minimum Gasteiger partial charge on any atom is -0.780 e. The predicted octanol–water partition coefficient (Wildman–Crippen LogP) is 0.268. The van der Waals surface area contributed by atoms with E-state index >= 15 is 0 Å². The number of methoxy groups -OCH3 is 1. The first-order valence-electron chi connectivity index (χ1n) is 3.70. The Morgan fingerprint density at radius 3 is 2.50 bits per heavy atom. The van der Waals surface area contributed by atoms with E-state index in [0.717, 1.165) is 0 Å². The van der Waals surface area contributed by atoms with Crippen LogP contribution in [0.25, 0.3) is 0 Å². The molecule has 5 nitrogen and oxygen atoms in total. The normalized spacial score (nSPS) is 16.9. The molecule has 0 fully saturated rings. The highest BCUT2D eigenvalue weighted by molar-refractivity contribution is 8.06. The van der Waals surface area contributed by atoms with E-state index in [-0.39, 0.29) is 20.6 Å². The molecule has 14 heavy (non-hydrogen) atoms. The van der Waals surface area contributed by atoms with E-state index in [4.69, 9.17) is 9.63 Å². The van der Waals surface area contributed by atoms with Gasteiger partial charge in [-0.25, -0.2) is 0 Å². The zero-order valence-corrected chi connectivity index (χ0v) is 9.35. The second kappa shape index (κ2) is 8.73. The third-order valence-corrected chi connectivity index (χ3v) is 2.99. The Morgan fingerprint density at radius 1 is 1.50 bits per heavy atom. The molecule has 7 heteroatoms. The topological polar surface area (TPSA) is 71.0 Å². The number of aliphatic hydroxyl groups excluding tert-OH is 1. The van der Waals surface area contributed by atoms with Gasteiger partial charge in [-0.05, 0) is 6.42 Å². The lowest BCUT2D eigenvalue weighted by Gasteiger charge is -2.25. The summed E-state index contributed by atoms with van der Waals surface area (Å²) in [6.07, 6.45) is -0.311. The van der Waals surface area contributed by atoms with Crippen LogP contribution in [0.1, 0.15) is 13.8 Å². The fraction of sp³-hybridized carbons (Fsp3) is 1.00. The number of hydrogen-bond acceptors (Lipinski definition) is 6. The van der Waals surface area contributed by atoms with Gasteiger partial charge in [-0.3, -0.25) is 0 Å². The van der Waals surface area contributed by atoms with Crippen molar-refractivity contribution < 1.29 is 23.8 Å². The molecule has 2 atom stereocenters. The Morgan fingerprint density at radius 2 is 2.07 bits per heavy atom. The molecule has 88 valence electrons. The van der Waals surface area contributed by atoms with Crippen LogP contribution in [0.15, 0.2) is 0 Å². The maximum atomic E-state index is 11.0. The Kier molecular flexibility index (Phi) is 10.5. The lowest BCUT2D eigenvalue weighted by Crippen LogP contribution is -2.17. The molecule has 0 spiro atoms. The molecule has 0 aliphatic rings. The van der Waals surface area contributed by atoms with Gasteiger partial charge in [-0.15, -0.1) is 0 Å². The van der Waals surface area contributed by atoms with E-state index in [9.17, 15) is 4.89 Å². The summed E-state index contributed by atoms with van der Waals surface area (Å²) < 4.78 is 13.8. The van der Waals surface area contributed by atoms with Crippen LogP contribution >= 0.6 is 6.72 Å². The molecular formula is C7H18O5PS-. The van der Waals surface area contributed by atoms with Crippen molar-refractivity contribution in [3.05, 3.63) is 0 Å². The average molecular weight is 245 g/mol. The SMILES string of the molecule is C.COCC(O)CCOP([O-])(=S)OC. The summed E-state index contributed by atoms with van der Waals surface area (Å²) >= 11 is 4.46. The van der Waals surface area contributed by atoms with Crippen molar-refractivity contribution in [1.82, 2.24) is 0 Å². The van der Waals surface area contributed by atoms with E-state index in [2.05, 4.69) is 21.1 Å². The predicted molar refractivity (Wildman–Crippen MR) is 56.5 cm³/mol. The van der Waals surface area contributed by atoms with Crippen LogP contribution in [0.2, 0.25) is 0 Å². The Balaban J connectivity index is 0. The van der Waals surface area contributed by atoms with Crippen molar-refractivity contribution in [3.8, 4) is 0 Å². The molecule has 0 aromatic rings. The van der Waals surface area contributed by atoms with E-state index in [0.29, 0.717) is 6.42 Å². The minimum atomic E-state index is -3.32. The van der Waals surface area contributed by atoms with Crippen LogP contribution in [0.3, 0.4) is 0 Å². The molecule has 0 rings (SSSR count). The Labute approximate surface area is 90.2 Å².